The maximum atomic E-state index is 13.1. The van der Waals surface area contributed by atoms with E-state index < -0.39 is 0 Å². The molecule has 3 N–H and O–H groups in total. The summed E-state index contributed by atoms with van der Waals surface area (Å²) in [7, 11) is 0. The van der Waals surface area contributed by atoms with E-state index in [1.54, 1.807) is 4.52 Å². The number of hydrogen-bond acceptors (Lipinski definition) is 5. The molecule has 1 aliphatic heterocycles. The number of pyridine rings is 1. The molecular weight excluding hydrogens is 428 g/mol. The highest BCUT2D eigenvalue weighted by Crippen LogP contribution is 2.32. The molecular formula is C23H21ClN6O2. The Morgan fingerprint density at radius 2 is 1.94 bits per heavy atom. The van der Waals surface area contributed by atoms with Crippen LogP contribution in [0.3, 0.4) is 0 Å². The molecule has 2 amide bonds. The lowest BCUT2D eigenvalue weighted by Crippen LogP contribution is -2.33. The number of anilines is 2. The molecule has 9 heteroatoms. The van der Waals surface area contributed by atoms with Gasteiger partial charge in [-0.15, -0.1) is 5.10 Å². The number of nitrogens with two attached hydrogens (primary N) is 1. The lowest BCUT2D eigenvalue weighted by Gasteiger charge is -2.23. The van der Waals surface area contributed by atoms with Gasteiger partial charge in [0.15, 0.2) is 5.65 Å². The van der Waals surface area contributed by atoms with Crippen molar-refractivity contribution in [3.8, 4) is 11.1 Å². The summed E-state index contributed by atoms with van der Waals surface area (Å²) in [4.78, 5) is 22.9. The topological polar surface area (TPSA) is 97.8 Å². The third-order valence-corrected chi connectivity index (χ3v) is 5.77. The fourth-order valence-electron chi connectivity index (χ4n) is 3.83. The largest absolute Gasteiger partial charge is 0.366 e. The Balaban J connectivity index is 1.39. The van der Waals surface area contributed by atoms with Crippen molar-refractivity contribution in [2.45, 2.75) is 19.4 Å². The molecule has 2 aromatic heterocycles. The summed E-state index contributed by atoms with van der Waals surface area (Å²) in [5.41, 5.74) is 10.8. The van der Waals surface area contributed by atoms with Gasteiger partial charge in [-0.2, -0.15) is 10.0 Å². The number of amides is 2. The highest BCUT2D eigenvalue weighted by atomic mass is 35.5. The summed E-state index contributed by atoms with van der Waals surface area (Å²) in [5.74, 6) is 0.222. The lowest BCUT2D eigenvalue weighted by atomic mass is 10.0. The van der Waals surface area contributed by atoms with Crippen LogP contribution in [0.2, 0.25) is 5.02 Å². The number of nitrogens with zero attached hydrogens (tertiary/aromatic N) is 4. The predicted molar refractivity (Wildman–Crippen MR) is 123 cm³/mol. The molecule has 5 rings (SSSR count). The van der Waals surface area contributed by atoms with Gasteiger partial charge in [-0.3, -0.25) is 4.84 Å². The molecule has 0 radical (unpaired) electrons. The number of urea groups is 1. The fraction of sp³-hybridized carbons (Fsp3) is 0.174. The van der Waals surface area contributed by atoms with Gasteiger partial charge in [-0.25, -0.2) is 9.31 Å². The van der Waals surface area contributed by atoms with Crippen molar-refractivity contribution in [3.63, 3.8) is 0 Å². The molecule has 1 fully saturated rings. The Labute approximate surface area is 189 Å². The zero-order valence-electron chi connectivity index (χ0n) is 17.3. The van der Waals surface area contributed by atoms with Crippen molar-refractivity contribution in [1.82, 2.24) is 19.7 Å². The maximum Gasteiger partial charge on any atom is 0.346 e. The third-order valence-electron chi connectivity index (χ3n) is 5.52. The number of halogens is 1. The van der Waals surface area contributed by atoms with Crippen molar-refractivity contribution < 1.29 is 9.63 Å². The second kappa shape index (κ2) is 8.14. The van der Waals surface area contributed by atoms with Crippen molar-refractivity contribution >= 4 is 34.9 Å². The molecule has 0 spiro atoms. The predicted octanol–water partition coefficient (Wildman–Crippen LogP) is 4.85. The van der Waals surface area contributed by atoms with Crippen molar-refractivity contribution in [2.75, 3.05) is 17.7 Å². The molecule has 2 aromatic carbocycles. The zero-order chi connectivity index (χ0) is 22.2. The van der Waals surface area contributed by atoms with E-state index in [2.05, 4.69) is 15.4 Å². The van der Waals surface area contributed by atoms with Gasteiger partial charge >= 0.3 is 6.03 Å². The molecule has 1 atom stereocenters. The first-order valence-corrected chi connectivity index (χ1v) is 10.6. The van der Waals surface area contributed by atoms with Crippen molar-refractivity contribution in [1.29, 1.82) is 0 Å². The van der Waals surface area contributed by atoms with Gasteiger partial charge in [0.05, 0.1) is 12.6 Å². The molecule has 0 saturated carbocycles. The van der Waals surface area contributed by atoms with Crippen LogP contribution in [0.4, 0.5) is 16.4 Å². The van der Waals surface area contributed by atoms with E-state index in [1.165, 1.54) is 5.06 Å². The number of hydrogen-bond donors (Lipinski definition) is 2. The number of aromatic nitrogens is 3. The van der Waals surface area contributed by atoms with Gasteiger partial charge in [0.25, 0.3) is 0 Å². The molecule has 8 nitrogen and oxygen atoms in total. The van der Waals surface area contributed by atoms with Crippen LogP contribution < -0.4 is 11.1 Å². The number of carbonyl (C=O) groups is 1. The number of benzene rings is 2. The zero-order valence-corrected chi connectivity index (χ0v) is 18.1. The van der Waals surface area contributed by atoms with E-state index in [-0.39, 0.29) is 18.0 Å². The summed E-state index contributed by atoms with van der Waals surface area (Å²) in [6.07, 6.45) is 2.57. The summed E-state index contributed by atoms with van der Waals surface area (Å²) in [5, 5.41) is 9.22. The van der Waals surface area contributed by atoms with E-state index in [4.69, 9.17) is 22.2 Å². The Kier molecular flexibility index (Phi) is 5.16. The number of hydroxylamine groups is 2. The Bertz CT molecular complexity index is 1300. The molecule has 32 heavy (non-hydrogen) atoms. The summed E-state index contributed by atoms with van der Waals surface area (Å²) in [6.45, 7) is 2.42. The van der Waals surface area contributed by atoms with Crippen LogP contribution in [-0.4, -0.2) is 32.3 Å². The second-order valence-corrected chi connectivity index (χ2v) is 8.10. The molecule has 0 aliphatic carbocycles. The van der Waals surface area contributed by atoms with E-state index in [9.17, 15) is 4.79 Å². The van der Waals surface area contributed by atoms with Crippen molar-refractivity contribution in [2.24, 2.45) is 0 Å². The Hall–Kier alpha value is -3.62. The smallest absolute Gasteiger partial charge is 0.346 e. The average Bonchev–Trinajstić information content (AvgIpc) is 3.41. The van der Waals surface area contributed by atoms with E-state index >= 15 is 0 Å². The number of carbonyl (C=O) groups excluding carboxylic acids is 1. The van der Waals surface area contributed by atoms with Gasteiger partial charge in [0, 0.05) is 28.9 Å². The van der Waals surface area contributed by atoms with Gasteiger partial charge in [0.2, 0.25) is 5.95 Å². The van der Waals surface area contributed by atoms with E-state index in [0.29, 0.717) is 23.0 Å². The van der Waals surface area contributed by atoms with E-state index in [0.717, 1.165) is 28.7 Å². The molecule has 0 bridgehead atoms. The molecule has 3 heterocycles. The summed E-state index contributed by atoms with van der Waals surface area (Å²) in [6, 6.07) is 16.7. The van der Waals surface area contributed by atoms with Crippen LogP contribution in [-0.2, 0) is 4.84 Å². The molecule has 0 unspecified atom stereocenters. The molecule has 1 aliphatic rings. The standard InChI is InChI=1S/C23H21ClN6O2/c1-14-2-3-16(17-6-9-21-27-22(25)28-29(21)13-17)12-19(14)26-23(31)30-20(10-11-32-30)15-4-7-18(24)8-5-15/h2-9,12-13,20H,10-11H2,1H3,(H2,25,28)(H,26,31)/t20-/m0/s1. The minimum Gasteiger partial charge on any atom is -0.366 e. The highest BCUT2D eigenvalue weighted by Gasteiger charge is 2.32. The molecule has 4 aromatic rings. The van der Waals surface area contributed by atoms with Crippen LogP contribution in [0, 0.1) is 6.92 Å². The normalized spacial score (nSPS) is 15.9. The van der Waals surface area contributed by atoms with Crippen molar-refractivity contribution in [3.05, 3.63) is 76.9 Å². The maximum absolute atomic E-state index is 13.1. The van der Waals surface area contributed by atoms with Gasteiger partial charge in [-0.1, -0.05) is 35.9 Å². The minimum atomic E-state index is -0.317. The monoisotopic (exact) mass is 448 g/mol. The van der Waals surface area contributed by atoms with Crippen LogP contribution in [0.25, 0.3) is 16.8 Å². The number of nitrogen functional groups attached to an aromatic ring is 1. The SMILES string of the molecule is Cc1ccc(-c2ccc3nc(N)nn3c2)cc1NC(=O)N1OCC[C@H]1c1ccc(Cl)cc1. The fourth-order valence-corrected chi connectivity index (χ4v) is 3.96. The first-order chi connectivity index (χ1) is 15.5. The molecule has 1 saturated heterocycles. The first-order valence-electron chi connectivity index (χ1n) is 10.2. The lowest BCUT2D eigenvalue weighted by molar-refractivity contribution is -0.0829. The highest BCUT2D eigenvalue weighted by molar-refractivity contribution is 6.30. The first kappa shape index (κ1) is 20.3. The minimum absolute atomic E-state index is 0.170. The summed E-state index contributed by atoms with van der Waals surface area (Å²) >= 11 is 6.00. The van der Waals surface area contributed by atoms with Gasteiger partial charge in [0.1, 0.15) is 0 Å². The van der Waals surface area contributed by atoms with Crippen LogP contribution >= 0.6 is 11.6 Å². The number of nitrogens with one attached hydrogen (secondary N) is 1. The van der Waals surface area contributed by atoms with Crippen LogP contribution in [0.1, 0.15) is 23.6 Å². The number of aryl methyl sites for hydroxylation is 1. The average molecular weight is 449 g/mol. The third kappa shape index (κ3) is 3.86. The number of fused-ring (bicyclic) bond motifs is 1. The number of rotatable bonds is 3. The van der Waals surface area contributed by atoms with Gasteiger partial charge in [-0.05, 0) is 53.9 Å². The second-order valence-electron chi connectivity index (χ2n) is 7.67. The van der Waals surface area contributed by atoms with E-state index in [1.807, 2.05) is 67.7 Å². The quantitative estimate of drug-likeness (QED) is 0.466. The van der Waals surface area contributed by atoms with Gasteiger partial charge < -0.3 is 11.1 Å². The summed E-state index contributed by atoms with van der Waals surface area (Å²) < 4.78 is 1.64. The van der Waals surface area contributed by atoms with Crippen LogP contribution in [0.5, 0.6) is 0 Å². The Morgan fingerprint density at radius 1 is 1.16 bits per heavy atom. The molecule has 162 valence electrons. The Morgan fingerprint density at radius 3 is 2.75 bits per heavy atom. The van der Waals surface area contributed by atoms with Crippen LogP contribution in [0.15, 0.2) is 60.8 Å².